The van der Waals surface area contributed by atoms with Gasteiger partial charge in [0.2, 0.25) is 0 Å². The predicted octanol–water partition coefficient (Wildman–Crippen LogP) is 4.29. The number of benzene rings is 1. The van der Waals surface area contributed by atoms with E-state index >= 15 is 0 Å². The molecule has 5 heteroatoms. The molecule has 1 fully saturated rings. The highest BCUT2D eigenvalue weighted by Gasteiger charge is 2.40. The first-order valence-corrected chi connectivity index (χ1v) is 8.05. The Morgan fingerprint density at radius 3 is 2.19 bits per heavy atom. The Hall–Kier alpha value is -0.770. The molecule has 0 radical (unpaired) electrons. The zero-order valence-electron chi connectivity index (χ0n) is 12.8. The molecule has 0 bridgehead atoms. The van der Waals surface area contributed by atoms with Crippen molar-refractivity contribution in [2.75, 3.05) is 21.1 Å². The molecular formula is C16H22Cl2N2O. The van der Waals surface area contributed by atoms with Crippen molar-refractivity contribution in [1.29, 1.82) is 0 Å². The minimum Gasteiger partial charge on any atom is -0.323 e. The second-order valence-corrected chi connectivity index (χ2v) is 6.75. The first kappa shape index (κ1) is 16.6. The molecule has 0 unspecified atom stereocenters. The van der Waals surface area contributed by atoms with E-state index in [0.29, 0.717) is 15.6 Å². The monoisotopic (exact) mass is 328 g/mol. The summed E-state index contributed by atoms with van der Waals surface area (Å²) < 4.78 is 0. The van der Waals surface area contributed by atoms with Crippen LogP contribution in [-0.4, -0.2) is 42.5 Å². The number of hydrogen-bond acceptors (Lipinski definition) is 2. The number of carbonyl (C=O) groups is 1. The van der Waals surface area contributed by atoms with Crippen LogP contribution in [-0.2, 0) is 0 Å². The zero-order valence-corrected chi connectivity index (χ0v) is 14.3. The van der Waals surface area contributed by atoms with Crippen molar-refractivity contribution in [3.63, 3.8) is 0 Å². The fraction of sp³-hybridized carbons (Fsp3) is 0.562. The Labute approximate surface area is 136 Å². The summed E-state index contributed by atoms with van der Waals surface area (Å²) in [7, 11) is 5.98. The minimum absolute atomic E-state index is 0.0100. The molecule has 1 aliphatic carbocycles. The van der Waals surface area contributed by atoms with E-state index in [1.165, 1.54) is 6.42 Å². The molecule has 1 aliphatic rings. The summed E-state index contributed by atoms with van der Waals surface area (Å²) in [5.74, 6) is -0.0100. The summed E-state index contributed by atoms with van der Waals surface area (Å²) in [5.41, 5.74) is 0.375. The summed E-state index contributed by atoms with van der Waals surface area (Å²) in [6.07, 6.45) is 5.55. The summed E-state index contributed by atoms with van der Waals surface area (Å²) in [6, 6.07) is 5.06. The summed E-state index contributed by atoms with van der Waals surface area (Å²) in [5, 5.41) is 0.884. The van der Waals surface area contributed by atoms with Crippen LogP contribution in [0.1, 0.15) is 42.5 Å². The maximum atomic E-state index is 12.8. The molecule has 0 spiro atoms. The molecule has 1 aromatic carbocycles. The molecule has 0 N–H and O–H groups in total. The highest BCUT2D eigenvalue weighted by atomic mass is 35.5. The van der Waals surface area contributed by atoms with Gasteiger partial charge in [-0.3, -0.25) is 9.69 Å². The molecule has 0 saturated heterocycles. The van der Waals surface area contributed by atoms with Crippen LogP contribution >= 0.6 is 23.2 Å². The maximum absolute atomic E-state index is 12.8. The molecule has 0 heterocycles. The zero-order chi connectivity index (χ0) is 15.6. The molecule has 1 saturated carbocycles. The third-order valence-corrected chi connectivity index (χ3v) is 5.32. The molecule has 1 aromatic rings. The van der Waals surface area contributed by atoms with Crippen LogP contribution in [0.15, 0.2) is 18.2 Å². The van der Waals surface area contributed by atoms with Crippen molar-refractivity contribution in [2.45, 2.75) is 37.8 Å². The second-order valence-electron chi connectivity index (χ2n) is 5.93. The average Bonchev–Trinajstić information content (AvgIpc) is 2.49. The van der Waals surface area contributed by atoms with E-state index in [-0.39, 0.29) is 11.6 Å². The van der Waals surface area contributed by atoms with Gasteiger partial charge in [0, 0.05) is 12.6 Å². The first-order chi connectivity index (χ1) is 9.88. The van der Waals surface area contributed by atoms with Gasteiger partial charge in [0.15, 0.2) is 0 Å². The van der Waals surface area contributed by atoms with Crippen LogP contribution in [0.3, 0.4) is 0 Å². The van der Waals surface area contributed by atoms with Crippen molar-refractivity contribution < 1.29 is 4.79 Å². The molecule has 2 rings (SSSR count). The number of nitrogens with zero attached hydrogens (tertiary/aromatic N) is 2. The number of carbonyl (C=O) groups excluding carboxylic acids is 1. The Kier molecular flexibility index (Phi) is 5.18. The van der Waals surface area contributed by atoms with Crippen LogP contribution in [0.4, 0.5) is 0 Å². The first-order valence-electron chi connectivity index (χ1n) is 7.29. The molecule has 0 aromatic heterocycles. The number of amides is 1. The lowest BCUT2D eigenvalue weighted by Crippen LogP contribution is -2.59. The summed E-state index contributed by atoms with van der Waals surface area (Å²) in [4.78, 5) is 16.8. The molecule has 3 nitrogen and oxygen atoms in total. The lowest BCUT2D eigenvalue weighted by atomic mass is 9.86. The molecule has 0 aliphatic heterocycles. The van der Waals surface area contributed by atoms with E-state index in [2.05, 4.69) is 4.90 Å². The topological polar surface area (TPSA) is 23.6 Å². The molecule has 116 valence electrons. The third-order valence-electron chi connectivity index (χ3n) is 4.58. The number of halogens is 2. The van der Waals surface area contributed by atoms with E-state index in [9.17, 15) is 4.79 Å². The van der Waals surface area contributed by atoms with E-state index in [4.69, 9.17) is 23.2 Å². The van der Waals surface area contributed by atoms with Gasteiger partial charge in [-0.2, -0.15) is 0 Å². The SMILES string of the molecule is CN(C)C1(N(C)C(=O)c2ccc(Cl)c(Cl)c2)CCCCC1. The Morgan fingerprint density at radius 2 is 1.67 bits per heavy atom. The lowest BCUT2D eigenvalue weighted by molar-refractivity contribution is -0.0295. The van der Waals surface area contributed by atoms with Gasteiger partial charge in [0.05, 0.1) is 15.7 Å². The maximum Gasteiger partial charge on any atom is 0.255 e. The van der Waals surface area contributed by atoms with E-state index < -0.39 is 0 Å². The molecule has 0 atom stereocenters. The van der Waals surface area contributed by atoms with E-state index in [0.717, 1.165) is 25.7 Å². The van der Waals surface area contributed by atoms with Gasteiger partial charge in [-0.15, -0.1) is 0 Å². The van der Waals surface area contributed by atoms with Gasteiger partial charge in [0.25, 0.3) is 5.91 Å². The largest absolute Gasteiger partial charge is 0.323 e. The van der Waals surface area contributed by atoms with Crippen LogP contribution < -0.4 is 0 Å². The standard InChI is InChI=1S/C16H22Cl2N2O/c1-19(2)16(9-5-4-6-10-16)20(3)15(21)12-7-8-13(17)14(18)11-12/h7-8,11H,4-6,9-10H2,1-3H3. The van der Waals surface area contributed by atoms with Crippen molar-refractivity contribution >= 4 is 29.1 Å². The minimum atomic E-state index is -0.207. The van der Waals surface area contributed by atoms with Crippen LogP contribution in [0.2, 0.25) is 10.0 Å². The van der Waals surface area contributed by atoms with Crippen LogP contribution in [0.5, 0.6) is 0 Å². The Bertz CT molecular complexity index is 525. The fourth-order valence-electron chi connectivity index (χ4n) is 3.21. The molecule has 1 amide bonds. The fourth-order valence-corrected chi connectivity index (χ4v) is 3.51. The van der Waals surface area contributed by atoms with Gasteiger partial charge < -0.3 is 4.90 Å². The Balaban J connectivity index is 2.29. The molecular weight excluding hydrogens is 307 g/mol. The average molecular weight is 329 g/mol. The van der Waals surface area contributed by atoms with Gasteiger partial charge >= 0.3 is 0 Å². The van der Waals surface area contributed by atoms with Crippen molar-refractivity contribution in [3.05, 3.63) is 33.8 Å². The van der Waals surface area contributed by atoms with Crippen molar-refractivity contribution in [1.82, 2.24) is 9.80 Å². The highest BCUT2D eigenvalue weighted by molar-refractivity contribution is 6.42. The normalized spacial score (nSPS) is 17.8. The van der Waals surface area contributed by atoms with E-state index in [1.807, 2.05) is 26.0 Å². The van der Waals surface area contributed by atoms with Crippen molar-refractivity contribution in [2.24, 2.45) is 0 Å². The highest BCUT2D eigenvalue weighted by Crippen LogP contribution is 2.35. The van der Waals surface area contributed by atoms with E-state index in [1.54, 1.807) is 18.2 Å². The third kappa shape index (κ3) is 3.20. The molecule has 21 heavy (non-hydrogen) atoms. The van der Waals surface area contributed by atoms with Gasteiger partial charge in [0.1, 0.15) is 0 Å². The lowest BCUT2D eigenvalue weighted by Gasteiger charge is -2.49. The second kappa shape index (κ2) is 6.55. The predicted molar refractivity (Wildman–Crippen MR) is 88.1 cm³/mol. The summed E-state index contributed by atoms with van der Waals surface area (Å²) >= 11 is 12.0. The Morgan fingerprint density at radius 1 is 1.05 bits per heavy atom. The van der Waals surface area contributed by atoms with Gasteiger partial charge in [-0.1, -0.05) is 29.6 Å². The number of rotatable bonds is 3. The smallest absolute Gasteiger partial charge is 0.255 e. The van der Waals surface area contributed by atoms with Gasteiger partial charge in [-0.05, 0) is 58.0 Å². The number of hydrogen-bond donors (Lipinski definition) is 0. The van der Waals surface area contributed by atoms with Crippen molar-refractivity contribution in [3.8, 4) is 0 Å². The van der Waals surface area contributed by atoms with Crippen LogP contribution in [0.25, 0.3) is 0 Å². The summed E-state index contributed by atoms with van der Waals surface area (Å²) in [6.45, 7) is 0. The quantitative estimate of drug-likeness (QED) is 0.773. The van der Waals surface area contributed by atoms with Gasteiger partial charge in [-0.25, -0.2) is 0 Å². The van der Waals surface area contributed by atoms with Crippen LogP contribution in [0, 0.1) is 0 Å².